The quantitative estimate of drug-likeness (QED) is 0.340. The first-order valence-electron chi connectivity index (χ1n) is 14.4. The van der Waals surface area contributed by atoms with Gasteiger partial charge in [0.05, 0.1) is 42.1 Å². The lowest BCUT2D eigenvalue weighted by molar-refractivity contribution is -0.155. The van der Waals surface area contributed by atoms with Gasteiger partial charge in [0, 0.05) is 28.6 Å². The highest BCUT2D eigenvalue weighted by Crippen LogP contribution is 2.50. The van der Waals surface area contributed by atoms with Crippen LogP contribution < -0.4 is 0 Å². The topological polar surface area (TPSA) is 81.7 Å². The minimum Gasteiger partial charge on any atom is -0.494 e. The molecule has 40 heavy (non-hydrogen) atoms. The molecule has 1 aromatic heterocycles. The smallest absolute Gasteiger partial charge is 0.213 e. The van der Waals surface area contributed by atoms with E-state index in [1.807, 2.05) is 18.2 Å². The number of fused-ring (bicyclic) bond motifs is 4. The minimum absolute atomic E-state index is 0.0175. The summed E-state index contributed by atoms with van der Waals surface area (Å²) in [6.45, 7) is 18.6. The zero-order valence-electron chi connectivity index (χ0n) is 25.1. The van der Waals surface area contributed by atoms with Crippen molar-refractivity contribution in [2.24, 2.45) is 17.8 Å². The van der Waals surface area contributed by atoms with Gasteiger partial charge in [-0.2, -0.15) is 5.26 Å². The van der Waals surface area contributed by atoms with Gasteiger partial charge >= 0.3 is 0 Å². The fourth-order valence-electron chi connectivity index (χ4n) is 6.11. The molecule has 213 valence electrons. The summed E-state index contributed by atoms with van der Waals surface area (Å²) in [5, 5.41) is 10.3. The van der Waals surface area contributed by atoms with E-state index in [0.29, 0.717) is 35.7 Å². The standard InChI is InChI=1S/C33H42NO5Si/c1-31(2,3)40(8)37-19-27-21(13-14-32(4,5)39-27)18-36-22-10-12-23-25(16-22)33(6,7)30-28(29(23)35)24-11-9-20(17-34)15-26(24)38-30/h9-12,15-16,21,23,25,27H,13-14,18-19H2,1-8H3/t21-,23?,25?,27-/m1/s1. The summed E-state index contributed by atoms with van der Waals surface area (Å²) < 4.78 is 25.6. The van der Waals surface area contributed by atoms with Gasteiger partial charge in [0.25, 0.3) is 0 Å². The third-order valence-corrected chi connectivity index (χ3v) is 11.8. The van der Waals surface area contributed by atoms with Crippen molar-refractivity contribution in [3.63, 3.8) is 0 Å². The first-order chi connectivity index (χ1) is 18.7. The van der Waals surface area contributed by atoms with Crippen molar-refractivity contribution in [2.45, 2.75) is 90.0 Å². The number of carbonyl (C=O) groups excluding carboxylic acids is 1. The molecule has 1 radical (unpaired) electrons. The maximum atomic E-state index is 13.7. The molecule has 0 amide bonds. The van der Waals surface area contributed by atoms with Gasteiger partial charge in [0.1, 0.15) is 17.1 Å². The van der Waals surface area contributed by atoms with Crippen molar-refractivity contribution in [3.8, 4) is 6.07 Å². The van der Waals surface area contributed by atoms with E-state index in [0.717, 1.165) is 24.0 Å². The molecule has 2 aliphatic carbocycles. The molecule has 5 rings (SSSR count). The molecule has 0 N–H and O–H groups in total. The number of hydrogen-bond donors (Lipinski definition) is 0. The molecular formula is C33H42NO5Si. The third kappa shape index (κ3) is 5.34. The number of Topliss-reactive ketones (excluding diaryl/α,β-unsaturated/α-hetero) is 1. The molecule has 1 aromatic carbocycles. The summed E-state index contributed by atoms with van der Waals surface area (Å²) in [6, 6.07) is 7.45. The van der Waals surface area contributed by atoms with Crippen molar-refractivity contribution >= 4 is 25.8 Å². The Morgan fingerprint density at radius 3 is 2.62 bits per heavy atom. The number of hydrogen-bond acceptors (Lipinski definition) is 6. The van der Waals surface area contributed by atoms with E-state index in [1.54, 1.807) is 12.1 Å². The molecule has 1 saturated heterocycles. The molecule has 6 nitrogen and oxygen atoms in total. The van der Waals surface area contributed by atoms with Gasteiger partial charge < -0.3 is 18.3 Å². The zero-order chi connectivity index (χ0) is 29.0. The van der Waals surface area contributed by atoms with Crippen molar-refractivity contribution < 1.29 is 23.1 Å². The Hall–Kier alpha value is -2.66. The lowest BCUT2D eigenvalue weighted by atomic mass is 9.61. The third-order valence-electron chi connectivity index (χ3n) is 9.08. The monoisotopic (exact) mass is 560 g/mol. The average Bonchev–Trinajstić information content (AvgIpc) is 3.29. The molecular weight excluding hydrogens is 518 g/mol. The summed E-state index contributed by atoms with van der Waals surface area (Å²) in [7, 11) is -0.968. The van der Waals surface area contributed by atoms with Gasteiger partial charge in [-0.05, 0) is 68.6 Å². The van der Waals surface area contributed by atoms with E-state index in [2.05, 4.69) is 67.2 Å². The maximum Gasteiger partial charge on any atom is 0.213 e. The van der Waals surface area contributed by atoms with E-state index in [1.165, 1.54) is 0 Å². The van der Waals surface area contributed by atoms with Gasteiger partial charge in [0.2, 0.25) is 9.04 Å². The molecule has 0 saturated carbocycles. The van der Waals surface area contributed by atoms with Crippen LogP contribution in [-0.2, 0) is 19.3 Å². The highest BCUT2D eigenvalue weighted by Gasteiger charge is 2.49. The number of nitriles is 1. The number of carbonyl (C=O) groups is 1. The van der Waals surface area contributed by atoms with E-state index in [-0.39, 0.29) is 40.3 Å². The maximum absolute atomic E-state index is 13.7. The zero-order valence-corrected chi connectivity index (χ0v) is 26.1. The molecule has 3 aliphatic rings. The van der Waals surface area contributed by atoms with Crippen LogP contribution >= 0.6 is 0 Å². The van der Waals surface area contributed by atoms with Crippen LogP contribution in [0.2, 0.25) is 11.6 Å². The van der Waals surface area contributed by atoms with Gasteiger partial charge in [0.15, 0.2) is 5.78 Å². The van der Waals surface area contributed by atoms with Crippen molar-refractivity contribution in [3.05, 3.63) is 59.1 Å². The average molecular weight is 561 g/mol. The van der Waals surface area contributed by atoms with Crippen LogP contribution in [0.3, 0.4) is 0 Å². The fraction of sp³-hybridized carbons (Fsp3) is 0.576. The normalized spacial score (nSPS) is 27.2. The summed E-state index contributed by atoms with van der Waals surface area (Å²) >= 11 is 0. The molecule has 2 heterocycles. The molecule has 1 aliphatic heterocycles. The second-order valence-electron chi connectivity index (χ2n) is 13.8. The van der Waals surface area contributed by atoms with Crippen molar-refractivity contribution in [2.75, 3.05) is 13.2 Å². The molecule has 2 aromatic rings. The Balaban J connectivity index is 1.34. The summed E-state index contributed by atoms with van der Waals surface area (Å²) in [6.07, 6.45) is 8.02. The van der Waals surface area contributed by atoms with Crippen LogP contribution in [0.15, 0.2) is 46.6 Å². The first kappa shape index (κ1) is 28.9. The number of ketones is 1. The molecule has 1 fully saturated rings. The lowest BCUT2D eigenvalue weighted by Crippen LogP contribution is -2.46. The molecule has 0 bridgehead atoms. The van der Waals surface area contributed by atoms with Crippen LogP contribution in [0.1, 0.15) is 83.0 Å². The van der Waals surface area contributed by atoms with E-state index in [4.69, 9.17) is 18.3 Å². The summed E-state index contributed by atoms with van der Waals surface area (Å²) in [5.74, 6) is 1.38. The summed E-state index contributed by atoms with van der Waals surface area (Å²) in [5.41, 5.74) is 1.15. The van der Waals surface area contributed by atoms with E-state index < -0.39 is 14.5 Å². The minimum atomic E-state index is -0.968. The van der Waals surface area contributed by atoms with Crippen LogP contribution in [0.25, 0.3) is 11.0 Å². The van der Waals surface area contributed by atoms with E-state index in [9.17, 15) is 10.1 Å². The highest BCUT2D eigenvalue weighted by atomic mass is 28.3. The van der Waals surface area contributed by atoms with Crippen molar-refractivity contribution in [1.82, 2.24) is 0 Å². The SMILES string of the molecule is C[Si](OC[C@H]1OC(C)(C)CC[C@@H]1COC1=CC2C(C=C1)C(=O)c1c(oc3cc(C#N)ccc13)C2(C)C)C(C)(C)C. The number of rotatable bonds is 6. The van der Waals surface area contributed by atoms with Crippen LogP contribution in [0.5, 0.6) is 0 Å². The number of furan rings is 1. The number of allylic oxidation sites excluding steroid dienone is 3. The second kappa shape index (κ2) is 10.3. The predicted octanol–water partition coefficient (Wildman–Crippen LogP) is 7.49. The summed E-state index contributed by atoms with van der Waals surface area (Å²) in [4.78, 5) is 13.7. The molecule has 7 heteroatoms. The van der Waals surface area contributed by atoms with Gasteiger partial charge in [-0.3, -0.25) is 4.79 Å². The lowest BCUT2D eigenvalue weighted by Gasteiger charge is -2.42. The Morgan fingerprint density at radius 2 is 1.93 bits per heavy atom. The number of nitrogens with zero attached hydrogens (tertiary/aromatic N) is 1. The predicted molar refractivity (Wildman–Crippen MR) is 157 cm³/mol. The Kier molecular flexibility index (Phi) is 7.44. The van der Waals surface area contributed by atoms with Crippen molar-refractivity contribution in [1.29, 1.82) is 5.26 Å². The van der Waals surface area contributed by atoms with Gasteiger partial charge in [-0.25, -0.2) is 0 Å². The highest BCUT2D eigenvalue weighted by molar-refractivity contribution is 6.53. The first-order valence-corrected chi connectivity index (χ1v) is 16.3. The largest absolute Gasteiger partial charge is 0.494 e. The Labute approximate surface area is 240 Å². The van der Waals surface area contributed by atoms with Crippen LogP contribution in [0.4, 0.5) is 0 Å². The number of benzene rings is 1. The van der Waals surface area contributed by atoms with E-state index >= 15 is 0 Å². The molecule has 4 atom stereocenters. The Morgan fingerprint density at radius 1 is 1.18 bits per heavy atom. The van der Waals surface area contributed by atoms with Crippen LogP contribution in [-0.4, -0.2) is 39.7 Å². The van der Waals surface area contributed by atoms with Gasteiger partial charge in [-0.15, -0.1) is 0 Å². The Bertz CT molecular complexity index is 1400. The number of ether oxygens (including phenoxy) is 2. The molecule has 2 unspecified atom stereocenters. The molecule has 0 spiro atoms. The van der Waals surface area contributed by atoms with Gasteiger partial charge in [-0.1, -0.05) is 40.7 Å². The fourth-order valence-corrected chi connectivity index (χ4v) is 6.96. The van der Waals surface area contributed by atoms with Crippen LogP contribution in [0, 0.1) is 29.1 Å². The second-order valence-corrected chi connectivity index (χ2v) is 16.7.